The number of nitrogens with zero attached hydrogens (tertiary/aromatic N) is 2. The van der Waals surface area contributed by atoms with Gasteiger partial charge in [0.15, 0.2) is 5.75 Å². The molecule has 1 saturated heterocycles. The predicted molar refractivity (Wildman–Crippen MR) is 111 cm³/mol. The standard InChI is InChI=1S/C22H35N3O3/c1-15-13-18(25-11-12-27-14-16(25)2)24-19(17-7-8-17)20(15)28-21(26)23-10-6-9-22(3,4)5/h13,16-17H,6-12,14H2,1-5H3,(H,23,26)/t16-/m1/s1. The molecule has 1 aliphatic carbocycles. The maximum Gasteiger partial charge on any atom is 0.412 e. The summed E-state index contributed by atoms with van der Waals surface area (Å²) in [5.74, 6) is 2.01. The van der Waals surface area contributed by atoms with Crippen molar-refractivity contribution in [3.05, 3.63) is 17.3 Å². The van der Waals surface area contributed by atoms with Crippen LogP contribution >= 0.6 is 0 Å². The van der Waals surface area contributed by atoms with Gasteiger partial charge >= 0.3 is 6.09 Å². The maximum atomic E-state index is 12.3. The zero-order valence-corrected chi connectivity index (χ0v) is 18.0. The van der Waals surface area contributed by atoms with Crippen molar-refractivity contribution in [2.75, 3.05) is 31.2 Å². The van der Waals surface area contributed by atoms with Gasteiger partial charge in [-0.05, 0) is 56.6 Å². The van der Waals surface area contributed by atoms with Crippen LogP contribution in [0.25, 0.3) is 0 Å². The van der Waals surface area contributed by atoms with Gasteiger partial charge in [-0.15, -0.1) is 0 Å². The Bertz CT molecular complexity index is 695. The molecule has 6 heteroatoms. The van der Waals surface area contributed by atoms with Gasteiger partial charge in [0.05, 0.1) is 24.9 Å². The third-order valence-corrected chi connectivity index (χ3v) is 5.37. The van der Waals surface area contributed by atoms with E-state index in [0.29, 0.717) is 30.9 Å². The molecule has 0 radical (unpaired) electrons. The number of rotatable bonds is 6. The molecule has 2 aliphatic rings. The highest BCUT2D eigenvalue weighted by molar-refractivity contribution is 5.71. The summed E-state index contributed by atoms with van der Waals surface area (Å²) in [5.41, 5.74) is 2.17. The van der Waals surface area contributed by atoms with E-state index in [2.05, 4.69) is 37.9 Å². The number of hydrogen-bond donors (Lipinski definition) is 1. The number of carbonyl (C=O) groups excluding carboxylic acids is 1. The minimum absolute atomic E-state index is 0.275. The number of pyridine rings is 1. The summed E-state index contributed by atoms with van der Waals surface area (Å²) in [5, 5.41) is 2.89. The predicted octanol–water partition coefficient (Wildman–Crippen LogP) is 4.41. The molecule has 0 bridgehead atoms. The number of aryl methyl sites for hydroxylation is 1. The number of anilines is 1. The van der Waals surface area contributed by atoms with E-state index in [-0.39, 0.29) is 11.5 Å². The lowest BCUT2D eigenvalue weighted by Crippen LogP contribution is -2.44. The number of carbonyl (C=O) groups is 1. The molecular weight excluding hydrogens is 354 g/mol. The molecule has 1 saturated carbocycles. The van der Waals surface area contributed by atoms with Crippen molar-refractivity contribution < 1.29 is 14.3 Å². The Kier molecular flexibility index (Phi) is 6.48. The Labute approximate surface area is 169 Å². The molecule has 2 heterocycles. The summed E-state index contributed by atoms with van der Waals surface area (Å²) < 4.78 is 11.3. The molecule has 3 rings (SSSR count). The Morgan fingerprint density at radius 3 is 2.79 bits per heavy atom. The Balaban J connectivity index is 1.68. The smallest absolute Gasteiger partial charge is 0.408 e. The lowest BCUT2D eigenvalue weighted by atomic mass is 9.91. The van der Waals surface area contributed by atoms with Gasteiger partial charge in [-0.2, -0.15) is 0 Å². The van der Waals surface area contributed by atoms with Crippen LogP contribution in [-0.2, 0) is 4.74 Å². The summed E-state index contributed by atoms with van der Waals surface area (Å²) >= 11 is 0. The lowest BCUT2D eigenvalue weighted by Gasteiger charge is -2.35. The van der Waals surface area contributed by atoms with Crippen LogP contribution < -0.4 is 15.0 Å². The molecule has 1 N–H and O–H groups in total. The number of amides is 1. The molecule has 1 aliphatic heterocycles. The van der Waals surface area contributed by atoms with E-state index in [0.717, 1.165) is 55.9 Å². The Morgan fingerprint density at radius 1 is 1.39 bits per heavy atom. The van der Waals surface area contributed by atoms with E-state index in [1.54, 1.807) is 0 Å². The number of ether oxygens (including phenoxy) is 2. The first-order valence-electron chi connectivity index (χ1n) is 10.6. The van der Waals surface area contributed by atoms with Gasteiger partial charge in [0, 0.05) is 19.0 Å². The molecule has 1 aromatic heterocycles. The topological polar surface area (TPSA) is 63.7 Å². The first kappa shape index (κ1) is 20.9. The molecule has 156 valence electrons. The van der Waals surface area contributed by atoms with E-state index in [4.69, 9.17) is 14.5 Å². The quantitative estimate of drug-likeness (QED) is 0.730. The zero-order chi connectivity index (χ0) is 20.3. The molecule has 0 unspecified atom stereocenters. The SMILES string of the molecule is Cc1cc(N2CCOC[C@H]2C)nc(C2CC2)c1OC(=O)NCCCC(C)(C)C. The van der Waals surface area contributed by atoms with Gasteiger partial charge in [-0.1, -0.05) is 20.8 Å². The number of hydrogen-bond acceptors (Lipinski definition) is 5. The largest absolute Gasteiger partial charge is 0.412 e. The number of aromatic nitrogens is 1. The van der Waals surface area contributed by atoms with Crippen LogP contribution in [0.5, 0.6) is 5.75 Å². The lowest BCUT2D eigenvalue weighted by molar-refractivity contribution is 0.0985. The first-order valence-corrected chi connectivity index (χ1v) is 10.6. The average molecular weight is 390 g/mol. The van der Waals surface area contributed by atoms with Gasteiger partial charge < -0.3 is 19.7 Å². The van der Waals surface area contributed by atoms with Crippen LogP contribution in [0, 0.1) is 12.3 Å². The van der Waals surface area contributed by atoms with Crippen LogP contribution in [0.4, 0.5) is 10.6 Å². The summed E-state index contributed by atoms with van der Waals surface area (Å²) in [6, 6.07) is 2.33. The molecule has 0 aromatic carbocycles. The third kappa shape index (κ3) is 5.60. The molecular formula is C22H35N3O3. The van der Waals surface area contributed by atoms with Crippen molar-refractivity contribution in [3.63, 3.8) is 0 Å². The molecule has 28 heavy (non-hydrogen) atoms. The highest BCUT2D eigenvalue weighted by atomic mass is 16.6. The fourth-order valence-corrected chi connectivity index (χ4v) is 3.59. The van der Waals surface area contributed by atoms with E-state index in [1.807, 2.05) is 13.0 Å². The second-order valence-corrected chi connectivity index (χ2v) is 9.38. The van der Waals surface area contributed by atoms with Gasteiger partial charge in [-0.25, -0.2) is 9.78 Å². The fourth-order valence-electron chi connectivity index (χ4n) is 3.59. The molecule has 6 nitrogen and oxygen atoms in total. The summed E-state index contributed by atoms with van der Waals surface area (Å²) in [6.07, 6.45) is 3.84. The summed E-state index contributed by atoms with van der Waals surface area (Å²) in [4.78, 5) is 19.5. The van der Waals surface area contributed by atoms with Crippen molar-refractivity contribution in [1.82, 2.24) is 10.3 Å². The first-order chi connectivity index (χ1) is 13.2. The van der Waals surface area contributed by atoms with E-state index >= 15 is 0 Å². The van der Waals surface area contributed by atoms with E-state index < -0.39 is 0 Å². The van der Waals surface area contributed by atoms with Gasteiger partial charge in [0.2, 0.25) is 0 Å². The van der Waals surface area contributed by atoms with Crippen LogP contribution in [0.3, 0.4) is 0 Å². The summed E-state index contributed by atoms with van der Waals surface area (Å²) in [6.45, 7) is 13.7. The van der Waals surface area contributed by atoms with Gasteiger partial charge in [-0.3, -0.25) is 0 Å². The highest BCUT2D eigenvalue weighted by Crippen LogP contribution is 2.45. The minimum atomic E-state index is -0.381. The van der Waals surface area contributed by atoms with Crippen LogP contribution in [-0.4, -0.2) is 43.4 Å². The normalized spacial score (nSPS) is 20.2. The van der Waals surface area contributed by atoms with E-state index in [9.17, 15) is 4.79 Å². The van der Waals surface area contributed by atoms with Gasteiger partial charge in [0.25, 0.3) is 0 Å². The highest BCUT2D eigenvalue weighted by Gasteiger charge is 2.32. The number of nitrogens with one attached hydrogen (secondary N) is 1. The van der Waals surface area contributed by atoms with Crippen LogP contribution in [0.15, 0.2) is 6.07 Å². The molecule has 1 aromatic rings. The second-order valence-electron chi connectivity index (χ2n) is 9.38. The monoisotopic (exact) mass is 389 g/mol. The zero-order valence-electron chi connectivity index (χ0n) is 18.0. The maximum absolute atomic E-state index is 12.3. The molecule has 1 atom stereocenters. The average Bonchev–Trinajstić information content (AvgIpc) is 3.45. The van der Waals surface area contributed by atoms with Crippen molar-refractivity contribution in [2.45, 2.75) is 72.3 Å². The van der Waals surface area contributed by atoms with Crippen molar-refractivity contribution in [2.24, 2.45) is 5.41 Å². The minimum Gasteiger partial charge on any atom is -0.408 e. The van der Waals surface area contributed by atoms with Crippen molar-refractivity contribution >= 4 is 11.9 Å². The molecule has 1 amide bonds. The van der Waals surface area contributed by atoms with E-state index in [1.165, 1.54) is 0 Å². The van der Waals surface area contributed by atoms with Crippen LogP contribution in [0.1, 0.15) is 70.6 Å². The number of morpholine rings is 1. The van der Waals surface area contributed by atoms with Crippen molar-refractivity contribution in [3.8, 4) is 5.75 Å². The Morgan fingerprint density at radius 2 is 2.14 bits per heavy atom. The summed E-state index contributed by atoms with van der Waals surface area (Å²) in [7, 11) is 0. The van der Waals surface area contributed by atoms with Crippen LogP contribution in [0.2, 0.25) is 0 Å². The molecule has 0 spiro atoms. The third-order valence-electron chi connectivity index (χ3n) is 5.37. The fraction of sp³-hybridized carbons (Fsp3) is 0.727. The second kappa shape index (κ2) is 8.68. The Hall–Kier alpha value is -1.82. The molecule has 2 fully saturated rings. The van der Waals surface area contributed by atoms with Crippen molar-refractivity contribution in [1.29, 1.82) is 0 Å². The van der Waals surface area contributed by atoms with Gasteiger partial charge in [0.1, 0.15) is 5.82 Å².